The van der Waals surface area contributed by atoms with Crippen molar-refractivity contribution in [2.75, 3.05) is 6.61 Å². The van der Waals surface area contributed by atoms with Crippen molar-refractivity contribution in [2.45, 2.75) is 45.3 Å². The Bertz CT molecular complexity index is 991. The normalized spacial score (nSPS) is 14.2. The number of carbonyl (C=O) groups excluding carboxylic acids is 1. The molecule has 162 valence electrons. The number of carbonyl (C=O) groups is 1. The Balaban J connectivity index is 1.80. The number of ether oxygens (including phenoxy) is 2. The van der Waals surface area contributed by atoms with Gasteiger partial charge in [-0.25, -0.2) is 0 Å². The molecule has 7 heteroatoms. The third-order valence-electron chi connectivity index (χ3n) is 4.99. The molecule has 1 saturated carbocycles. The first-order valence-corrected chi connectivity index (χ1v) is 12.4. The molecular weight excluding hydrogens is 618 g/mol. The van der Waals surface area contributed by atoms with E-state index in [-0.39, 0.29) is 17.5 Å². The van der Waals surface area contributed by atoms with Crippen molar-refractivity contribution in [2.24, 2.45) is 0 Å². The number of nitrogens with zero attached hydrogens (tertiary/aromatic N) is 1. The Morgan fingerprint density at radius 1 is 1.19 bits per heavy atom. The number of halogens is 2. The van der Waals surface area contributed by atoms with Crippen LogP contribution in [0.4, 0.5) is 0 Å². The molecule has 1 N–H and O–H groups in total. The third kappa shape index (κ3) is 6.84. The first-order valence-electron chi connectivity index (χ1n) is 10.3. The van der Waals surface area contributed by atoms with E-state index in [0.717, 1.165) is 40.4 Å². The van der Waals surface area contributed by atoms with Crippen LogP contribution in [0.2, 0.25) is 0 Å². The van der Waals surface area contributed by atoms with E-state index in [0.29, 0.717) is 24.7 Å². The summed E-state index contributed by atoms with van der Waals surface area (Å²) in [7, 11) is 0. The van der Waals surface area contributed by atoms with Gasteiger partial charge in [0, 0.05) is 9.61 Å². The van der Waals surface area contributed by atoms with E-state index >= 15 is 0 Å². The number of amides is 1. The minimum absolute atomic E-state index is 0.0951. The van der Waals surface area contributed by atoms with Crippen molar-refractivity contribution in [1.29, 1.82) is 5.26 Å². The van der Waals surface area contributed by atoms with Crippen molar-refractivity contribution in [3.63, 3.8) is 0 Å². The smallest absolute Gasteiger partial charge is 0.262 e. The van der Waals surface area contributed by atoms with Gasteiger partial charge in [0.15, 0.2) is 11.5 Å². The zero-order valence-corrected chi connectivity index (χ0v) is 21.6. The van der Waals surface area contributed by atoms with E-state index in [1.807, 2.05) is 49.4 Å². The molecule has 2 aromatic carbocycles. The average Bonchev–Trinajstić information content (AvgIpc) is 3.26. The second-order valence-electron chi connectivity index (χ2n) is 7.30. The minimum atomic E-state index is -0.318. The molecule has 1 aliphatic rings. The van der Waals surface area contributed by atoms with Gasteiger partial charge in [-0.3, -0.25) is 4.79 Å². The molecule has 0 bridgehead atoms. The van der Waals surface area contributed by atoms with Gasteiger partial charge in [-0.2, -0.15) is 5.26 Å². The first-order chi connectivity index (χ1) is 15.0. The summed E-state index contributed by atoms with van der Waals surface area (Å²) in [6.45, 7) is 2.82. The van der Waals surface area contributed by atoms with Crippen LogP contribution in [0.3, 0.4) is 0 Å². The maximum atomic E-state index is 12.5. The largest absolute Gasteiger partial charge is 0.490 e. The Hall–Kier alpha value is -1.80. The fourth-order valence-corrected chi connectivity index (χ4v) is 4.60. The molecule has 0 saturated heterocycles. The summed E-state index contributed by atoms with van der Waals surface area (Å²) in [6, 6.07) is 14.1. The lowest BCUT2D eigenvalue weighted by molar-refractivity contribution is -0.117. The summed E-state index contributed by atoms with van der Waals surface area (Å²) in [6.07, 6.45) is 5.80. The van der Waals surface area contributed by atoms with E-state index in [1.165, 1.54) is 3.57 Å². The van der Waals surface area contributed by atoms with Gasteiger partial charge in [-0.1, -0.05) is 25.0 Å². The van der Waals surface area contributed by atoms with Crippen LogP contribution in [0.25, 0.3) is 6.08 Å². The van der Waals surface area contributed by atoms with Crippen molar-refractivity contribution < 1.29 is 14.3 Å². The molecule has 1 amide bonds. The fraction of sp³-hybridized carbons (Fsp3) is 0.333. The number of hydrogen-bond donors (Lipinski definition) is 1. The molecule has 0 aromatic heterocycles. The average molecular weight is 642 g/mol. The summed E-state index contributed by atoms with van der Waals surface area (Å²) in [5.41, 5.74) is 1.89. The van der Waals surface area contributed by atoms with Crippen molar-refractivity contribution in [3.8, 4) is 17.6 Å². The zero-order chi connectivity index (χ0) is 22.2. The SMILES string of the molecule is CCOc1cc(/C=C(/C#N)C(=O)NC2CCCC2)cc(I)c1OCc1ccc(I)cc1. The van der Waals surface area contributed by atoms with Crippen molar-refractivity contribution in [3.05, 3.63) is 60.2 Å². The van der Waals surface area contributed by atoms with E-state index in [4.69, 9.17) is 9.47 Å². The van der Waals surface area contributed by atoms with E-state index in [9.17, 15) is 10.1 Å². The quantitative estimate of drug-likeness (QED) is 0.223. The van der Waals surface area contributed by atoms with Gasteiger partial charge in [-0.15, -0.1) is 0 Å². The van der Waals surface area contributed by atoms with Crippen LogP contribution < -0.4 is 14.8 Å². The Morgan fingerprint density at radius 2 is 1.90 bits per heavy atom. The summed E-state index contributed by atoms with van der Waals surface area (Å²) >= 11 is 4.47. The molecular formula is C24H24I2N2O3. The molecule has 3 rings (SSSR count). The highest BCUT2D eigenvalue weighted by Gasteiger charge is 2.20. The topological polar surface area (TPSA) is 71.3 Å². The monoisotopic (exact) mass is 642 g/mol. The van der Waals surface area contributed by atoms with Gasteiger partial charge >= 0.3 is 0 Å². The van der Waals surface area contributed by atoms with Crippen LogP contribution in [0.5, 0.6) is 11.5 Å². The number of rotatable bonds is 8. The van der Waals surface area contributed by atoms with E-state index in [2.05, 4.69) is 50.5 Å². The maximum absolute atomic E-state index is 12.5. The molecule has 1 fully saturated rings. The van der Waals surface area contributed by atoms with Gasteiger partial charge in [-0.05, 0) is 106 Å². The minimum Gasteiger partial charge on any atom is -0.490 e. The third-order valence-corrected chi connectivity index (χ3v) is 6.52. The summed E-state index contributed by atoms with van der Waals surface area (Å²) in [5.74, 6) is 0.938. The lowest BCUT2D eigenvalue weighted by Gasteiger charge is -2.15. The van der Waals surface area contributed by atoms with E-state index < -0.39 is 0 Å². The molecule has 0 aliphatic heterocycles. The molecule has 0 atom stereocenters. The summed E-state index contributed by atoms with van der Waals surface area (Å²) in [4.78, 5) is 12.5. The highest BCUT2D eigenvalue weighted by Crippen LogP contribution is 2.35. The molecule has 0 heterocycles. The molecule has 0 radical (unpaired) electrons. The number of benzene rings is 2. The molecule has 31 heavy (non-hydrogen) atoms. The summed E-state index contributed by atoms with van der Waals surface area (Å²) in [5, 5.41) is 12.5. The van der Waals surface area contributed by atoms with Crippen LogP contribution in [0, 0.1) is 18.5 Å². The highest BCUT2D eigenvalue weighted by molar-refractivity contribution is 14.1. The van der Waals surface area contributed by atoms with Crippen LogP contribution in [0.1, 0.15) is 43.7 Å². The Labute approximate surface area is 210 Å². The molecule has 0 spiro atoms. The predicted octanol–water partition coefficient (Wildman–Crippen LogP) is 5.84. The molecule has 2 aromatic rings. The second-order valence-corrected chi connectivity index (χ2v) is 9.71. The standard InChI is InChI=1S/C24H24I2N2O3/c1-2-30-22-13-17(11-18(14-27)24(29)28-20-5-3-4-6-20)12-21(26)23(22)31-15-16-7-9-19(25)10-8-16/h7-13,20H,2-6,15H2,1H3,(H,28,29)/b18-11-. The van der Waals surface area contributed by atoms with Crippen LogP contribution in [0.15, 0.2) is 42.0 Å². The lowest BCUT2D eigenvalue weighted by Crippen LogP contribution is -2.33. The highest BCUT2D eigenvalue weighted by atomic mass is 127. The maximum Gasteiger partial charge on any atom is 0.262 e. The fourth-order valence-electron chi connectivity index (χ4n) is 3.46. The van der Waals surface area contributed by atoms with Crippen LogP contribution in [-0.2, 0) is 11.4 Å². The van der Waals surface area contributed by atoms with Gasteiger partial charge < -0.3 is 14.8 Å². The van der Waals surface area contributed by atoms with Gasteiger partial charge in [0.1, 0.15) is 18.2 Å². The Morgan fingerprint density at radius 3 is 2.55 bits per heavy atom. The predicted molar refractivity (Wildman–Crippen MR) is 138 cm³/mol. The first kappa shape index (κ1) is 23.9. The van der Waals surface area contributed by atoms with Gasteiger partial charge in [0.2, 0.25) is 0 Å². The number of hydrogen-bond acceptors (Lipinski definition) is 4. The second kappa shape index (κ2) is 11.7. The number of nitrogens with one attached hydrogen (secondary N) is 1. The Kier molecular flexibility index (Phi) is 9.02. The van der Waals surface area contributed by atoms with Gasteiger partial charge in [0.05, 0.1) is 10.2 Å². The number of nitriles is 1. The molecule has 0 unspecified atom stereocenters. The van der Waals surface area contributed by atoms with Crippen LogP contribution in [-0.4, -0.2) is 18.6 Å². The van der Waals surface area contributed by atoms with Gasteiger partial charge in [0.25, 0.3) is 5.91 Å². The van der Waals surface area contributed by atoms with E-state index in [1.54, 1.807) is 6.08 Å². The van der Waals surface area contributed by atoms with Crippen molar-refractivity contribution >= 4 is 57.2 Å². The molecule has 5 nitrogen and oxygen atoms in total. The lowest BCUT2D eigenvalue weighted by atomic mass is 10.1. The zero-order valence-electron chi connectivity index (χ0n) is 17.3. The molecule has 1 aliphatic carbocycles. The van der Waals surface area contributed by atoms with Crippen LogP contribution >= 0.6 is 45.2 Å². The van der Waals surface area contributed by atoms with Crippen molar-refractivity contribution in [1.82, 2.24) is 5.32 Å². The summed E-state index contributed by atoms with van der Waals surface area (Å²) < 4.78 is 13.9.